The number of aryl methyl sites for hydroxylation is 1. The number of alkyl halides is 1. The molecule has 33 heavy (non-hydrogen) atoms. The van der Waals surface area contributed by atoms with Gasteiger partial charge in [-0.05, 0) is 38.5 Å². The number of imidazole rings is 1. The summed E-state index contributed by atoms with van der Waals surface area (Å²) < 4.78 is 47.1. The van der Waals surface area contributed by atoms with Crippen LogP contribution in [-0.2, 0) is 16.6 Å². The van der Waals surface area contributed by atoms with Crippen molar-refractivity contribution in [3.05, 3.63) is 17.4 Å². The first-order valence-corrected chi connectivity index (χ1v) is 11.3. The van der Waals surface area contributed by atoms with E-state index in [1.807, 2.05) is 0 Å². The van der Waals surface area contributed by atoms with E-state index in [4.69, 9.17) is 14.2 Å². The number of halogens is 2. The Morgan fingerprint density at radius 1 is 1.24 bits per heavy atom. The van der Waals surface area contributed by atoms with Crippen LogP contribution in [0.3, 0.4) is 0 Å². The molecule has 1 heterocycles. The lowest BCUT2D eigenvalue weighted by molar-refractivity contribution is -0.120. The molecular formula is C23H28F2N4O4. The van der Waals surface area contributed by atoms with E-state index in [1.165, 1.54) is 17.6 Å². The molecule has 178 valence electrons. The van der Waals surface area contributed by atoms with Crippen LogP contribution >= 0.6 is 0 Å². The number of nitrogens with one attached hydrogen (secondary N) is 1. The third kappa shape index (κ3) is 5.36. The molecule has 0 aliphatic heterocycles. The summed E-state index contributed by atoms with van der Waals surface area (Å²) in [6.45, 7) is 0.788. The summed E-state index contributed by atoms with van der Waals surface area (Å²) in [5, 5.41) is 12.1. The van der Waals surface area contributed by atoms with Gasteiger partial charge in [-0.3, -0.25) is 9.36 Å². The molecule has 2 aliphatic carbocycles. The van der Waals surface area contributed by atoms with E-state index in [2.05, 4.69) is 16.4 Å². The van der Waals surface area contributed by atoms with E-state index in [0.29, 0.717) is 25.7 Å². The van der Waals surface area contributed by atoms with Gasteiger partial charge in [0.05, 0.1) is 30.4 Å². The van der Waals surface area contributed by atoms with Crippen LogP contribution < -0.4 is 14.8 Å². The summed E-state index contributed by atoms with van der Waals surface area (Å²) in [6, 6.07) is 3.08. The van der Waals surface area contributed by atoms with Crippen LogP contribution in [0.5, 0.6) is 11.8 Å². The second kappa shape index (κ2) is 9.91. The Kier molecular flexibility index (Phi) is 6.98. The lowest BCUT2D eigenvalue weighted by atomic mass is 9.95. The van der Waals surface area contributed by atoms with Crippen molar-refractivity contribution >= 4 is 16.9 Å². The second-order valence-corrected chi connectivity index (χ2v) is 8.72. The number of amides is 1. The van der Waals surface area contributed by atoms with Gasteiger partial charge in [-0.15, -0.1) is 0 Å². The molecule has 2 saturated carbocycles. The van der Waals surface area contributed by atoms with Crippen molar-refractivity contribution in [3.8, 4) is 17.8 Å². The Bertz CT molecular complexity index is 1060. The molecule has 1 atom stereocenters. The number of hydrogen-bond donors (Lipinski definition) is 1. The van der Waals surface area contributed by atoms with Gasteiger partial charge in [0.1, 0.15) is 29.9 Å². The Labute approximate surface area is 190 Å². The normalized spacial score (nSPS) is 21.4. The Morgan fingerprint density at radius 3 is 2.48 bits per heavy atom. The van der Waals surface area contributed by atoms with Crippen molar-refractivity contribution in [2.24, 2.45) is 7.05 Å². The minimum Gasteiger partial charge on any atom is -0.487 e. The average molecular weight is 462 g/mol. The molecule has 2 aromatic rings. The topological polar surface area (TPSA) is 98.4 Å². The maximum absolute atomic E-state index is 15.1. The lowest BCUT2D eigenvalue weighted by Crippen LogP contribution is -2.40. The van der Waals surface area contributed by atoms with Gasteiger partial charge >= 0.3 is 0 Å². The summed E-state index contributed by atoms with van der Waals surface area (Å²) in [5.41, 5.74) is 0.682. The van der Waals surface area contributed by atoms with E-state index >= 15 is 4.39 Å². The third-order valence-corrected chi connectivity index (χ3v) is 5.97. The van der Waals surface area contributed by atoms with E-state index in [-0.39, 0.29) is 59.2 Å². The molecule has 1 aromatic heterocycles. The number of aromatic nitrogens is 2. The summed E-state index contributed by atoms with van der Waals surface area (Å²) in [6.07, 6.45) is 4.40. The van der Waals surface area contributed by atoms with Crippen LogP contribution in [0.2, 0.25) is 0 Å². The maximum Gasteiger partial charge on any atom is 0.297 e. The monoisotopic (exact) mass is 462 g/mol. The Hall–Kier alpha value is -2.93. The number of carbonyl (C=O) groups is 1. The zero-order valence-corrected chi connectivity index (χ0v) is 18.8. The number of nitriles is 1. The van der Waals surface area contributed by atoms with Crippen LogP contribution in [-0.4, -0.2) is 53.1 Å². The third-order valence-electron chi connectivity index (χ3n) is 5.97. The van der Waals surface area contributed by atoms with Crippen molar-refractivity contribution in [3.63, 3.8) is 0 Å². The molecule has 0 unspecified atom stereocenters. The Balaban J connectivity index is 1.39. The zero-order chi connectivity index (χ0) is 23.5. The minimum absolute atomic E-state index is 0.00303. The van der Waals surface area contributed by atoms with Gasteiger partial charge in [-0.1, -0.05) is 0 Å². The van der Waals surface area contributed by atoms with Gasteiger partial charge in [0.25, 0.3) is 6.01 Å². The average Bonchev–Trinajstić information content (AvgIpc) is 3.56. The quantitative estimate of drug-likeness (QED) is 0.614. The molecule has 0 bridgehead atoms. The summed E-state index contributed by atoms with van der Waals surface area (Å²) in [7, 11) is 1.66. The predicted octanol–water partition coefficient (Wildman–Crippen LogP) is 3.31. The van der Waals surface area contributed by atoms with E-state index in [9.17, 15) is 14.4 Å². The molecule has 1 aromatic carbocycles. The first-order valence-electron chi connectivity index (χ1n) is 11.3. The van der Waals surface area contributed by atoms with Crippen LogP contribution in [0.1, 0.15) is 51.0 Å². The van der Waals surface area contributed by atoms with Gasteiger partial charge in [-0.25, -0.2) is 8.78 Å². The number of fused-ring (bicyclic) bond motifs is 1. The fourth-order valence-electron chi connectivity index (χ4n) is 4.07. The molecule has 0 spiro atoms. The van der Waals surface area contributed by atoms with Gasteiger partial charge in [-0.2, -0.15) is 10.2 Å². The van der Waals surface area contributed by atoms with Crippen molar-refractivity contribution in [1.29, 1.82) is 5.26 Å². The molecule has 8 nitrogen and oxygen atoms in total. The maximum atomic E-state index is 15.1. The van der Waals surface area contributed by atoms with Crippen molar-refractivity contribution < 1.29 is 27.8 Å². The zero-order valence-electron chi connectivity index (χ0n) is 18.8. The summed E-state index contributed by atoms with van der Waals surface area (Å²) in [5.74, 6) is -0.762. The number of benzene rings is 1. The SMILES string of the molecule is CC(=O)N[C@@H](CF)CO[C@H]1CC[C@H](Oc2nc3c(C#N)cc(OC4CC4)c(F)c3n2C)CC1. The Morgan fingerprint density at radius 2 is 1.88 bits per heavy atom. The van der Waals surface area contributed by atoms with E-state index in [1.54, 1.807) is 7.05 Å². The van der Waals surface area contributed by atoms with Crippen LogP contribution in [0.4, 0.5) is 8.78 Å². The molecule has 1 amide bonds. The highest BCUT2D eigenvalue weighted by Crippen LogP contribution is 2.36. The molecule has 0 radical (unpaired) electrons. The fourth-order valence-corrected chi connectivity index (χ4v) is 4.07. The molecule has 10 heteroatoms. The second-order valence-electron chi connectivity index (χ2n) is 8.72. The van der Waals surface area contributed by atoms with E-state index in [0.717, 1.165) is 12.8 Å². The highest BCUT2D eigenvalue weighted by molar-refractivity contribution is 5.85. The van der Waals surface area contributed by atoms with Crippen LogP contribution in [0.25, 0.3) is 11.0 Å². The molecule has 0 saturated heterocycles. The number of nitrogens with zero attached hydrogens (tertiary/aromatic N) is 3. The molecular weight excluding hydrogens is 434 g/mol. The van der Waals surface area contributed by atoms with Crippen LogP contribution in [0.15, 0.2) is 6.07 Å². The first kappa shape index (κ1) is 23.2. The van der Waals surface area contributed by atoms with Crippen molar-refractivity contribution in [2.45, 2.75) is 69.8 Å². The minimum atomic E-state index is -0.681. The number of hydrogen-bond acceptors (Lipinski definition) is 6. The highest BCUT2D eigenvalue weighted by Gasteiger charge is 2.29. The molecule has 4 rings (SSSR count). The lowest BCUT2D eigenvalue weighted by Gasteiger charge is -2.29. The summed E-state index contributed by atoms with van der Waals surface area (Å²) in [4.78, 5) is 15.5. The van der Waals surface area contributed by atoms with Crippen molar-refractivity contribution in [2.75, 3.05) is 13.3 Å². The van der Waals surface area contributed by atoms with Gasteiger partial charge in [0.2, 0.25) is 5.91 Å². The van der Waals surface area contributed by atoms with Crippen LogP contribution in [0, 0.1) is 17.1 Å². The number of carbonyl (C=O) groups excluding carboxylic acids is 1. The fraction of sp³-hybridized carbons (Fsp3) is 0.609. The molecule has 2 aliphatic rings. The highest BCUT2D eigenvalue weighted by atomic mass is 19.1. The smallest absolute Gasteiger partial charge is 0.297 e. The van der Waals surface area contributed by atoms with Crippen molar-refractivity contribution in [1.82, 2.24) is 14.9 Å². The van der Waals surface area contributed by atoms with Gasteiger partial charge in [0.15, 0.2) is 11.6 Å². The standard InChI is InChI=1S/C23H28F2N4O4/c1-13(30)27-15(10-24)12-31-16-3-5-18(6-4-16)33-23-28-21-14(11-26)9-19(32-17-7-8-17)20(25)22(21)29(23)2/h9,15-18H,3-8,10,12H2,1-2H3,(H,27,30)/t15-,16-,18-/m0/s1. The number of ether oxygens (including phenoxy) is 3. The largest absolute Gasteiger partial charge is 0.487 e. The molecule has 1 N–H and O–H groups in total. The number of rotatable bonds is 9. The van der Waals surface area contributed by atoms with Gasteiger partial charge in [0, 0.05) is 20.0 Å². The summed E-state index contributed by atoms with van der Waals surface area (Å²) >= 11 is 0. The van der Waals surface area contributed by atoms with Gasteiger partial charge < -0.3 is 19.5 Å². The molecule has 2 fully saturated rings. The first-order chi connectivity index (χ1) is 15.9. The van der Waals surface area contributed by atoms with E-state index < -0.39 is 18.5 Å². The predicted molar refractivity (Wildman–Crippen MR) is 115 cm³/mol.